The lowest BCUT2D eigenvalue weighted by Gasteiger charge is -2.22. The molecule has 0 unspecified atom stereocenters. The first kappa shape index (κ1) is 15.3. The van der Waals surface area contributed by atoms with Crippen molar-refractivity contribution in [1.29, 1.82) is 0 Å². The van der Waals surface area contributed by atoms with Gasteiger partial charge in [-0.3, -0.25) is 0 Å². The van der Waals surface area contributed by atoms with Crippen LogP contribution in [0.5, 0.6) is 0 Å². The van der Waals surface area contributed by atoms with E-state index in [0.717, 1.165) is 18.5 Å². The van der Waals surface area contributed by atoms with Crippen molar-refractivity contribution in [2.75, 3.05) is 10.6 Å². The van der Waals surface area contributed by atoms with Crippen molar-refractivity contribution in [3.63, 3.8) is 0 Å². The molecule has 7 heteroatoms. The summed E-state index contributed by atoms with van der Waals surface area (Å²) in [6.45, 7) is 0. The van der Waals surface area contributed by atoms with Crippen LogP contribution in [0.1, 0.15) is 32.1 Å². The van der Waals surface area contributed by atoms with Crippen LogP contribution < -0.4 is 10.6 Å². The average Bonchev–Trinajstić information content (AvgIpc) is 2.47. The first-order chi connectivity index (χ1) is 10.7. The summed E-state index contributed by atoms with van der Waals surface area (Å²) < 4.78 is 0. The Balaban J connectivity index is 1.70. The summed E-state index contributed by atoms with van der Waals surface area (Å²) in [5.41, 5.74) is 0.765. The number of anilines is 3. The third-order valence-corrected chi connectivity index (χ3v) is 4.07. The van der Waals surface area contributed by atoms with Crippen molar-refractivity contribution in [1.82, 2.24) is 15.2 Å². The molecule has 0 saturated heterocycles. The van der Waals surface area contributed by atoms with E-state index in [1.54, 1.807) is 24.4 Å². The third-order valence-electron chi connectivity index (χ3n) is 3.63. The topological polar surface area (TPSA) is 62.7 Å². The molecule has 0 radical (unpaired) electrons. The Morgan fingerprint density at radius 3 is 2.45 bits per heavy atom. The molecule has 1 aliphatic carbocycles. The van der Waals surface area contributed by atoms with Gasteiger partial charge in [0.05, 0.1) is 6.20 Å². The maximum absolute atomic E-state index is 5.99. The van der Waals surface area contributed by atoms with Crippen LogP contribution in [0.3, 0.4) is 0 Å². The van der Waals surface area contributed by atoms with E-state index in [0.29, 0.717) is 27.9 Å². The molecular formula is C15H17Cl2N5. The molecule has 0 aliphatic heterocycles. The van der Waals surface area contributed by atoms with Gasteiger partial charge in [-0.2, -0.15) is 10.1 Å². The molecular weight excluding hydrogens is 321 g/mol. The molecule has 0 amide bonds. The molecule has 116 valence electrons. The van der Waals surface area contributed by atoms with Crippen molar-refractivity contribution >= 4 is 40.7 Å². The molecule has 1 aromatic carbocycles. The zero-order valence-corrected chi connectivity index (χ0v) is 13.5. The minimum absolute atomic E-state index is 0.436. The van der Waals surface area contributed by atoms with Gasteiger partial charge in [-0.15, -0.1) is 5.10 Å². The van der Waals surface area contributed by atoms with E-state index in [9.17, 15) is 0 Å². The predicted molar refractivity (Wildman–Crippen MR) is 90.1 cm³/mol. The fourth-order valence-electron chi connectivity index (χ4n) is 2.63. The lowest BCUT2D eigenvalue weighted by atomic mass is 9.96. The number of hydrogen-bond acceptors (Lipinski definition) is 5. The number of nitrogens with one attached hydrogen (secondary N) is 2. The number of halogens is 2. The maximum atomic E-state index is 5.99. The second kappa shape index (κ2) is 7.11. The minimum Gasteiger partial charge on any atom is -0.350 e. The average molecular weight is 338 g/mol. The van der Waals surface area contributed by atoms with Crippen LogP contribution in [0.4, 0.5) is 17.5 Å². The number of nitrogens with zero attached hydrogens (tertiary/aromatic N) is 3. The van der Waals surface area contributed by atoms with E-state index >= 15 is 0 Å². The standard InChI is InChI=1S/C15H17Cl2N5/c16-10-6-11(17)8-13(7-10)19-14-9-18-22-15(21-14)20-12-4-2-1-3-5-12/h6-9,12H,1-5H2,(H2,19,20,21,22). The molecule has 5 nitrogen and oxygen atoms in total. The fourth-order valence-corrected chi connectivity index (χ4v) is 3.15. The first-order valence-corrected chi connectivity index (χ1v) is 8.14. The Kier molecular flexibility index (Phi) is 4.95. The van der Waals surface area contributed by atoms with E-state index < -0.39 is 0 Å². The second-order valence-electron chi connectivity index (χ2n) is 5.43. The molecule has 1 fully saturated rings. The van der Waals surface area contributed by atoms with E-state index in [2.05, 4.69) is 25.8 Å². The van der Waals surface area contributed by atoms with Gasteiger partial charge in [-0.05, 0) is 31.0 Å². The Hall–Kier alpha value is -1.59. The summed E-state index contributed by atoms with van der Waals surface area (Å²) in [6, 6.07) is 5.68. The summed E-state index contributed by atoms with van der Waals surface area (Å²) in [5, 5.41) is 15.7. The van der Waals surface area contributed by atoms with Crippen molar-refractivity contribution in [2.45, 2.75) is 38.1 Å². The van der Waals surface area contributed by atoms with Crippen molar-refractivity contribution < 1.29 is 0 Å². The molecule has 1 saturated carbocycles. The molecule has 0 atom stereocenters. The summed E-state index contributed by atoms with van der Waals surface area (Å²) in [4.78, 5) is 4.44. The highest BCUT2D eigenvalue weighted by Crippen LogP contribution is 2.25. The normalized spacial score (nSPS) is 15.5. The zero-order valence-electron chi connectivity index (χ0n) is 12.0. The lowest BCUT2D eigenvalue weighted by molar-refractivity contribution is 0.460. The van der Waals surface area contributed by atoms with Gasteiger partial charge in [0.1, 0.15) is 0 Å². The lowest BCUT2D eigenvalue weighted by Crippen LogP contribution is -2.23. The largest absolute Gasteiger partial charge is 0.350 e. The first-order valence-electron chi connectivity index (χ1n) is 7.38. The van der Waals surface area contributed by atoms with Crippen LogP contribution in [0.15, 0.2) is 24.4 Å². The van der Waals surface area contributed by atoms with Gasteiger partial charge in [-0.25, -0.2) is 0 Å². The summed E-state index contributed by atoms with van der Waals surface area (Å²) in [6.07, 6.45) is 7.71. The molecule has 1 heterocycles. The third kappa shape index (κ3) is 4.21. The molecule has 2 aromatic rings. The van der Waals surface area contributed by atoms with Crippen LogP contribution in [-0.4, -0.2) is 21.2 Å². The number of hydrogen-bond donors (Lipinski definition) is 2. The monoisotopic (exact) mass is 337 g/mol. The summed E-state index contributed by atoms with van der Waals surface area (Å²) in [7, 11) is 0. The fraction of sp³-hybridized carbons (Fsp3) is 0.400. The summed E-state index contributed by atoms with van der Waals surface area (Å²) in [5.74, 6) is 1.15. The van der Waals surface area contributed by atoms with Crippen LogP contribution in [0.2, 0.25) is 10.0 Å². The Morgan fingerprint density at radius 2 is 1.73 bits per heavy atom. The molecule has 0 bridgehead atoms. The highest BCUT2D eigenvalue weighted by molar-refractivity contribution is 6.35. The highest BCUT2D eigenvalue weighted by atomic mass is 35.5. The van der Waals surface area contributed by atoms with Gasteiger partial charge in [0.25, 0.3) is 0 Å². The molecule has 3 rings (SSSR count). The SMILES string of the molecule is Clc1cc(Cl)cc(Nc2cnnc(NC3CCCCC3)n2)c1. The number of benzene rings is 1. The van der Waals surface area contributed by atoms with Gasteiger partial charge in [-0.1, -0.05) is 42.5 Å². The minimum atomic E-state index is 0.436. The molecule has 0 spiro atoms. The van der Waals surface area contributed by atoms with Crippen LogP contribution in [-0.2, 0) is 0 Å². The van der Waals surface area contributed by atoms with Crippen LogP contribution in [0, 0.1) is 0 Å². The smallest absolute Gasteiger partial charge is 0.244 e. The molecule has 1 aromatic heterocycles. The quantitative estimate of drug-likeness (QED) is 0.848. The van der Waals surface area contributed by atoms with E-state index in [4.69, 9.17) is 23.2 Å². The molecule has 22 heavy (non-hydrogen) atoms. The van der Waals surface area contributed by atoms with Gasteiger partial charge in [0, 0.05) is 21.8 Å². The van der Waals surface area contributed by atoms with Gasteiger partial charge < -0.3 is 10.6 Å². The van der Waals surface area contributed by atoms with Crippen molar-refractivity contribution in [2.24, 2.45) is 0 Å². The van der Waals surface area contributed by atoms with E-state index in [1.807, 2.05) is 0 Å². The maximum Gasteiger partial charge on any atom is 0.244 e. The molecule has 1 aliphatic rings. The van der Waals surface area contributed by atoms with Gasteiger partial charge >= 0.3 is 0 Å². The van der Waals surface area contributed by atoms with Gasteiger partial charge in [0.15, 0.2) is 5.82 Å². The van der Waals surface area contributed by atoms with Crippen LogP contribution >= 0.6 is 23.2 Å². The Morgan fingerprint density at radius 1 is 1.00 bits per heavy atom. The molecule has 2 N–H and O–H groups in total. The van der Waals surface area contributed by atoms with Crippen molar-refractivity contribution in [3.8, 4) is 0 Å². The Bertz CT molecular complexity index is 623. The summed E-state index contributed by atoms with van der Waals surface area (Å²) >= 11 is 12.0. The second-order valence-corrected chi connectivity index (χ2v) is 6.30. The number of aromatic nitrogens is 3. The van der Waals surface area contributed by atoms with Crippen molar-refractivity contribution in [3.05, 3.63) is 34.4 Å². The van der Waals surface area contributed by atoms with E-state index in [-0.39, 0.29) is 0 Å². The van der Waals surface area contributed by atoms with E-state index in [1.165, 1.54) is 19.3 Å². The zero-order chi connectivity index (χ0) is 15.4. The van der Waals surface area contributed by atoms with Gasteiger partial charge in [0.2, 0.25) is 5.95 Å². The van der Waals surface area contributed by atoms with Crippen LogP contribution in [0.25, 0.3) is 0 Å². The highest BCUT2D eigenvalue weighted by Gasteiger charge is 2.14. The Labute approximate surface area is 139 Å². The predicted octanol–water partition coefficient (Wildman–Crippen LogP) is 4.67. The number of rotatable bonds is 4.